The SMILES string of the molecule is C=C1[C@@H]2CC[C@H]3[C@@]45CO[C@](O)([C@@H](O)[C@@H]4C(C)(C)CCC5=O)[C@]34C(=O)C1(C(=O)c1ccc(C)cc1)[C@H]24. The van der Waals surface area contributed by atoms with Gasteiger partial charge in [-0.05, 0) is 43.4 Å². The summed E-state index contributed by atoms with van der Waals surface area (Å²) in [7, 11) is 0. The molecule has 1 aromatic rings. The predicted molar refractivity (Wildman–Crippen MR) is 125 cm³/mol. The molecule has 0 amide bonds. The third kappa shape index (κ3) is 1.88. The van der Waals surface area contributed by atoms with Crippen molar-refractivity contribution in [3.05, 3.63) is 47.5 Å². The van der Waals surface area contributed by atoms with Crippen molar-refractivity contribution in [3.8, 4) is 0 Å². The number of rotatable bonds is 2. The van der Waals surface area contributed by atoms with E-state index < -0.39 is 57.1 Å². The molecule has 1 unspecified atom stereocenters. The van der Waals surface area contributed by atoms with Crippen molar-refractivity contribution < 1.29 is 29.3 Å². The van der Waals surface area contributed by atoms with Gasteiger partial charge in [0.15, 0.2) is 11.6 Å². The summed E-state index contributed by atoms with van der Waals surface area (Å²) in [5.41, 5.74) is -2.22. The second-order valence-corrected chi connectivity index (χ2v) is 12.8. The summed E-state index contributed by atoms with van der Waals surface area (Å²) in [6, 6.07) is 7.17. The summed E-state index contributed by atoms with van der Waals surface area (Å²) in [6.45, 7) is 10.2. The molecule has 2 heterocycles. The van der Waals surface area contributed by atoms with Crippen LogP contribution in [0.4, 0.5) is 0 Å². The Morgan fingerprint density at radius 1 is 1.11 bits per heavy atom. The van der Waals surface area contributed by atoms with Gasteiger partial charge in [0.05, 0.1) is 17.4 Å². The van der Waals surface area contributed by atoms with E-state index in [1.54, 1.807) is 12.1 Å². The molecule has 5 saturated carbocycles. The highest BCUT2D eigenvalue weighted by Crippen LogP contribution is 2.87. The first-order valence-corrected chi connectivity index (χ1v) is 12.9. The average molecular weight is 477 g/mol. The molecule has 7 fully saturated rings. The first-order chi connectivity index (χ1) is 16.4. The van der Waals surface area contributed by atoms with Gasteiger partial charge in [0, 0.05) is 23.8 Å². The number of carbonyl (C=O) groups is 3. The Hall–Kier alpha value is -2.15. The number of ketones is 3. The minimum atomic E-state index is -2.11. The van der Waals surface area contributed by atoms with Crippen LogP contribution in [0.3, 0.4) is 0 Å². The van der Waals surface area contributed by atoms with Crippen LogP contribution in [0.2, 0.25) is 0 Å². The monoisotopic (exact) mass is 476 g/mol. The van der Waals surface area contributed by atoms with Gasteiger partial charge in [0.25, 0.3) is 0 Å². The first kappa shape index (κ1) is 22.1. The van der Waals surface area contributed by atoms with Crippen LogP contribution in [0.15, 0.2) is 36.4 Å². The van der Waals surface area contributed by atoms with Crippen LogP contribution in [0.1, 0.15) is 55.5 Å². The molecule has 0 aromatic heterocycles. The summed E-state index contributed by atoms with van der Waals surface area (Å²) in [5, 5.41) is 23.9. The molecule has 35 heavy (non-hydrogen) atoms. The van der Waals surface area contributed by atoms with Crippen LogP contribution in [0.25, 0.3) is 0 Å². The predicted octanol–water partition coefficient (Wildman–Crippen LogP) is 3.03. The van der Waals surface area contributed by atoms with Crippen molar-refractivity contribution in [2.45, 2.75) is 58.3 Å². The number of aryl methyl sites for hydroxylation is 1. The van der Waals surface area contributed by atoms with Gasteiger partial charge in [0.2, 0.25) is 5.79 Å². The van der Waals surface area contributed by atoms with Gasteiger partial charge in [-0.25, -0.2) is 0 Å². The molecule has 2 saturated heterocycles. The summed E-state index contributed by atoms with van der Waals surface area (Å²) in [4.78, 5) is 42.2. The lowest BCUT2D eigenvalue weighted by molar-refractivity contribution is -0.459. The number of carbonyl (C=O) groups excluding carboxylic acids is 3. The molecular weight excluding hydrogens is 444 g/mol. The fourth-order valence-corrected chi connectivity index (χ4v) is 10.1. The highest BCUT2D eigenvalue weighted by atomic mass is 16.6. The number of fused-ring (bicyclic) bond motifs is 1. The van der Waals surface area contributed by atoms with Crippen molar-refractivity contribution >= 4 is 17.3 Å². The van der Waals surface area contributed by atoms with Gasteiger partial charge in [-0.3, -0.25) is 14.4 Å². The Bertz CT molecular complexity index is 1250. The molecule has 2 N–H and O–H groups in total. The van der Waals surface area contributed by atoms with Crippen LogP contribution < -0.4 is 0 Å². The molecule has 184 valence electrons. The molecule has 8 rings (SSSR count). The van der Waals surface area contributed by atoms with Crippen LogP contribution in [0.5, 0.6) is 0 Å². The maximum absolute atomic E-state index is 14.5. The minimum absolute atomic E-state index is 0.0183. The van der Waals surface area contributed by atoms with E-state index in [1.807, 2.05) is 32.9 Å². The molecule has 5 aliphatic carbocycles. The fraction of sp³-hybridized carbons (Fsp3) is 0.621. The zero-order valence-electron chi connectivity index (χ0n) is 20.5. The Labute approximate surface area is 204 Å². The molecule has 6 nitrogen and oxygen atoms in total. The van der Waals surface area contributed by atoms with Gasteiger partial charge in [-0.15, -0.1) is 0 Å². The Kier molecular flexibility index (Phi) is 3.81. The van der Waals surface area contributed by atoms with Crippen molar-refractivity contribution in [2.75, 3.05) is 6.61 Å². The Morgan fingerprint density at radius 3 is 2.49 bits per heavy atom. The van der Waals surface area contributed by atoms with Gasteiger partial charge >= 0.3 is 0 Å². The second-order valence-electron chi connectivity index (χ2n) is 12.8. The summed E-state index contributed by atoms with van der Waals surface area (Å²) < 4.78 is 6.04. The second kappa shape index (κ2) is 6.04. The minimum Gasteiger partial charge on any atom is -0.387 e. The number of aliphatic hydroxyl groups is 2. The van der Waals surface area contributed by atoms with E-state index >= 15 is 0 Å². The summed E-state index contributed by atoms with van der Waals surface area (Å²) >= 11 is 0. The lowest BCUT2D eigenvalue weighted by Gasteiger charge is -2.84. The van der Waals surface area contributed by atoms with E-state index in [1.165, 1.54) is 0 Å². The number of ether oxygens (including phenoxy) is 1. The van der Waals surface area contributed by atoms with Crippen LogP contribution in [-0.2, 0) is 14.3 Å². The molecule has 7 aliphatic rings. The number of hydrogen-bond donors (Lipinski definition) is 2. The van der Waals surface area contributed by atoms with Crippen LogP contribution in [0, 0.1) is 52.3 Å². The smallest absolute Gasteiger partial charge is 0.205 e. The molecule has 1 aromatic carbocycles. The number of hydrogen-bond acceptors (Lipinski definition) is 6. The fourth-order valence-electron chi connectivity index (χ4n) is 10.1. The largest absolute Gasteiger partial charge is 0.387 e. The van der Waals surface area contributed by atoms with Gasteiger partial charge in [-0.1, -0.05) is 55.8 Å². The normalized spacial score (nSPS) is 50.4. The number of benzene rings is 1. The van der Waals surface area contributed by atoms with Crippen molar-refractivity contribution in [1.29, 1.82) is 0 Å². The number of Topliss-reactive ketones (excluding diaryl/α,β-unsaturated/α-hetero) is 3. The lowest BCUT2D eigenvalue weighted by Crippen LogP contribution is -2.95. The molecule has 2 bridgehead atoms. The van der Waals surface area contributed by atoms with E-state index in [9.17, 15) is 24.6 Å². The first-order valence-electron chi connectivity index (χ1n) is 12.9. The topological polar surface area (TPSA) is 101 Å². The highest BCUT2D eigenvalue weighted by molar-refractivity contribution is 6.25. The van der Waals surface area contributed by atoms with Crippen molar-refractivity contribution in [2.24, 2.45) is 45.3 Å². The van der Waals surface area contributed by atoms with E-state index in [0.29, 0.717) is 30.4 Å². The maximum Gasteiger partial charge on any atom is 0.205 e. The third-order valence-corrected chi connectivity index (χ3v) is 11.4. The molecule has 2 spiro atoms. The quantitative estimate of drug-likeness (QED) is 0.387. The maximum atomic E-state index is 14.5. The van der Waals surface area contributed by atoms with E-state index in [4.69, 9.17) is 4.74 Å². The van der Waals surface area contributed by atoms with Crippen LogP contribution >= 0.6 is 0 Å². The molecule has 9 atom stereocenters. The average Bonchev–Trinajstić information content (AvgIpc) is 2.82. The molecule has 0 radical (unpaired) electrons. The number of aliphatic hydroxyl groups excluding tert-OH is 1. The van der Waals surface area contributed by atoms with Crippen LogP contribution in [-0.4, -0.2) is 46.1 Å². The van der Waals surface area contributed by atoms with E-state index in [2.05, 4.69) is 6.58 Å². The van der Waals surface area contributed by atoms with Crippen molar-refractivity contribution in [1.82, 2.24) is 0 Å². The highest BCUT2D eigenvalue weighted by Gasteiger charge is 2.96. The molecule has 2 aliphatic heterocycles. The lowest BCUT2D eigenvalue weighted by atomic mass is 9.18. The van der Waals surface area contributed by atoms with Gasteiger partial charge in [0.1, 0.15) is 17.3 Å². The van der Waals surface area contributed by atoms with Gasteiger partial charge < -0.3 is 14.9 Å². The molecule has 6 heteroatoms. The zero-order chi connectivity index (χ0) is 24.9. The summed E-state index contributed by atoms with van der Waals surface area (Å²) in [5.74, 6) is -4.35. The third-order valence-electron chi connectivity index (χ3n) is 11.4. The number of allylic oxidation sites excluding steroid dienone is 1. The van der Waals surface area contributed by atoms with E-state index in [0.717, 1.165) is 12.0 Å². The standard InChI is InChI=1S/C29H32O6/c1-14-5-7-16(8-6-14)22(31)27-15(2)17-9-10-18-26-13-35-29(34,28(18,20(17)27)24(27)33)23(32)21(26)25(3,4)12-11-19(26)30/h5-8,17-18,20-21,23,32,34H,2,9-13H2,1,3-4H3/t17-,18-,20-,21+,23-,26+,27?,28+,29+/m0/s1. The zero-order valence-corrected chi connectivity index (χ0v) is 20.5. The Balaban J connectivity index is 1.43. The Morgan fingerprint density at radius 2 is 1.80 bits per heavy atom. The molecular formula is C29H32O6. The van der Waals surface area contributed by atoms with E-state index in [-0.39, 0.29) is 24.1 Å². The summed E-state index contributed by atoms with van der Waals surface area (Å²) in [6.07, 6.45) is 0.915. The van der Waals surface area contributed by atoms with Gasteiger partial charge in [-0.2, -0.15) is 0 Å². The van der Waals surface area contributed by atoms with Crippen molar-refractivity contribution in [3.63, 3.8) is 0 Å².